The maximum Gasteiger partial charge on any atom is 0.270 e. The number of ether oxygens (including phenoxy) is 1. The van der Waals surface area contributed by atoms with Crippen LogP contribution < -0.4 is 10.1 Å². The zero-order valence-corrected chi connectivity index (χ0v) is 23.0. The van der Waals surface area contributed by atoms with Crippen molar-refractivity contribution < 1.29 is 24.0 Å². The Labute approximate surface area is 246 Å². The first-order valence-corrected chi connectivity index (χ1v) is 13.8. The first-order chi connectivity index (χ1) is 20.9. The third-order valence-electron chi connectivity index (χ3n) is 8.84. The Bertz CT molecular complexity index is 1880. The van der Waals surface area contributed by atoms with E-state index in [9.17, 15) is 24.5 Å². The fourth-order valence-corrected chi connectivity index (χ4v) is 7.13. The first kappa shape index (κ1) is 26.3. The Morgan fingerprint density at radius 3 is 2.49 bits per heavy atom. The van der Waals surface area contributed by atoms with Crippen molar-refractivity contribution in [3.05, 3.63) is 141 Å². The minimum absolute atomic E-state index is 0.0469. The van der Waals surface area contributed by atoms with Gasteiger partial charge in [-0.2, -0.15) is 0 Å². The molecular weight excluding hydrogens is 546 g/mol. The SMILES string of the molecule is COc1ccccc1C(=O)[C@@H]1[C@H](C(=O)c2cccc([N+](=O)[O-])c2)[C@]2(C(=O)Nc3ccccc32)[C@@H]2c3ccccc3C=CN12. The van der Waals surface area contributed by atoms with Gasteiger partial charge in [-0.15, -0.1) is 0 Å². The number of fused-ring (bicyclic) bond motifs is 6. The molecule has 1 fully saturated rings. The highest BCUT2D eigenvalue weighted by Gasteiger charge is 2.70. The number of amides is 1. The Hall–Kier alpha value is -5.57. The fourth-order valence-electron chi connectivity index (χ4n) is 7.13. The van der Waals surface area contributed by atoms with Gasteiger partial charge in [-0.05, 0) is 41.0 Å². The van der Waals surface area contributed by atoms with E-state index < -0.39 is 45.8 Å². The Kier molecular flexibility index (Phi) is 5.98. The van der Waals surface area contributed by atoms with E-state index >= 15 is 0 Å². The summed E-state index contributed by atoms with van der Waals surface area (Å²) < 4.78 is 5.54. The number of nitrogens with one attached hydrogen (secondary N) is 1. The maximum atomic E-state index is 14.9. The van der Waals surface area contributed by atoms with Crippen LogP contribution in [0.25, 0.3) is 6.08 Å². The van der Waals surface area contributed by atoms with E-state index in [0.717, 1.165) is 11.1 Å². The second kappa shape index (κ2) is 9.77. The summed E-state index contributed by atoms with van der Waals surface area (Å²) in [6.07, 6.45) is 3.66. The van der Waals surface area contributed by atoms with Crippen LogP contribution in [0, 0.1) is 16.0 Å². The predicted octanol–water partition coefficient (Wildman–Crippen LogP) is 5.59. The van der Waals surface area contributed by atoms with E-state index in [1.54, 1.807) is 48.7 Å². The molecule has 43 heavy (non-hydrogen) atoms. The number of rotatable bonds is 6. The molecule has 0 unspecified atom stereocenters. The number of carbonyl (C=O) groups excluding carboxylic acids is 3. The number of methoxy groups -OCH3 is 1. The van der Waals surface area contributed by atoms with Crippen LogP contribution >= 0.6 is 0 Å². The van der Waals surface area contributed by atoms with Crippen LogP contribution in [-0.2, 0) is 10.2 Å². The van der Waals surface area contributed by atoms with Crippen LogP contribution in [0.1, 0.15) is 43.4 Å². The van der Waals surface area contributed by atoms with Crippen molar-refractivity contribution in [2.75, 3.05) is 12.4 Å². The quantitative estimate of drug-likeness (QED) is 0.182. The lowest BCUT2D eigenvalue weighted by Gasteiger charge is -2.38. The van der Waals surface area contributed by atoms with E-state index in [1.165, 1.54) is 31.4 Å². The molecule has 4 aromatic carbocycles. The van der Waals surface area contributed by atoms with Gasteiger partial charge >= 0.3 is 0 Å². The highest BCUT2D eigenvalue weighted by molar-refractivity contribution is 6.17. The smallest absolute Gasteiger partial charge is 0.270 e. The maximum absolute atomic E-state index is 14.9. The summed E-state index contributed by atoms with van der Waals surface area (Å²) in [6.45, 7) is 0. The molecule has 0 bridgehead atoms. The number of hydrogen-bond acceptors (Lipinski definition) is 7. The molecule has 4 aromatic rings. The zero-order chi connectivity index (χ0) is 29.9. The van der Waals surface area contributed by atoms with Crippen LogP contribution in [0.4, 0.5) is 11.4 Å². The molecule has 9 nitrogen and oxygen atoms in total. The van der Waals surface area contributed by atoms with Crippen molar-refractivity contribution in [2.24, 2.45) is 5.92 Å². The molecule has 3 aliphatic rings. The molecule has 1 amide bonds. The van der Waals surface area contributed by atoms with Crippen molar-refractivity contribution in [3.8, 4) is 5.75 Å². The standard InChI is InChI=1S/C34H25N3O6/c1-43-27-16-7-4-13-24(27)31(39)29-28(30(38)21-10-8-11-22(19-21)37(41)42)34(25-14-5-6-15-26(25)35-33(34)40)32-23-12-3-2-9-20(23)17-18-36(29)32/h2-19,28-29,32H,1H3,(H,35,40)/t28-,29+,32+,34+/m1/s1. The third kappa shape index (κ3) is 3.67. The van der Waals surface area contributed by atoms with E-state index in [1.807, 2.05) is 41.3 Å². The molecule has 9 heteroatoms. The summed E-state index contributed by atoms with van der Waals surface area (Å²) in [4.78, 5) is 57.0. The van der Waals surface area contributed by atoms with E-state index in [-0.39, 0.29) is 16.8 Å². The van der Waals surface area contributed by atoms with E-state index in [0.29, 0.717) is 17.0 Å². The highest BCUT2D eigenvalue weighted by Crippen LogP contribution is 2.62. The molecule has 0 aromatic heterocycles. The minimum atomic E-state index is -1.54. The van der Waals surface area contributed by atoms with Gasteiger partial charge in [-0.25, -0.2) is 0 Å². The highest BCUT2D eigenvalue weighted by atomic mass is 16.6. The molecule has 1 N–H and O–H groups in total. The van der Waals surface area contributed by atoms with Gasteiger partial charge in [0.1, 0.15) is 17.2 Å². The molecule has 3 aliphatic heterocycles. The number of hydrogen-bond donors (Lipinski definition) is 1. The van der Waals surface area contributed by atoms with Crippen LogP contribution in [0.15, 0.2) is 103 Å². The average molecular weight is 572 g/mol. The first-order valence-electron chi connectivity index (χ1n) is 13.8. The van der Waals surface area contributed by atoms with Crippen molar-refractivity contribution in [2.45, 2.75) is 17.5 Å². The summed E-state index contributed by atoms with van der Waals surface area (Å²) in [6, 6.07) is 25.2. The number of nitro groups is 1. The normalized spacial score (nSPS) is 22.9. The number of benzene rings is 4. The Morgan fingerprint density at radius 1 is 0.930 bits per heavy atom. The Balaban J connectivity index is 1.54. The van der Waals surface area contributed by atoms with Gasteiger partial charge in [0.15, 0.2) is 11.6 Å². The predicted molar refractivity (Wildman–Crippen MR) is 159 cm³/mol. The van der Waals surface area contributed by atoms with Gasteiger partial charge in [-0.1, -0.05) is 66.7 Å². The number of nitrogens with zero attached hydrogens (tertiary/aromatic N) is 2. The number of ketones is 2. The molecule has 0 aliphatic carbocycles. The minimum Gasteiger partial charge on any atom is -0.496 e. The lowest BCUT2D eigenvalue weighted by atomic mass is 9.62. The zero-order valence-electron chi connectivity index (χ0n) is 23.0. The van der Waals surface area contributed by atoms with Crippen molar-refractivity contribution in [3.63, 3.8) is 0 Å². The van der Waals surface area contributed by atoms with Crippen molar-refractivity contribution >= 4 is 34.9 Å². The third-order valence-corrected chi connectivity index (χ3v) is 8.84. The van der Waals surface area contributed by atoms with E-state index in [2.05, 4.69) is 5.32 Å². The second-order valence-electron chi connectivity index (χ2n) is 10.8. The van der Waals surface area contributed by atoms with Gasteiger partial charge in [-0.3, -0.25) is 24.5 Å². The van der Waals surface area contributed by atoms with E-state index in [4.69, 9.17) is 4.74 Å². The molecule has 3 heterocycles. The van der Waals surface area contributed by atoms with Gasteiger partial charge in [0.2, 0.25) is 5.91 Å². The van der Waals surface area contributed by atoms with Crippen molar-refractivity contribution in [1.82, 2.24) is 4.90 Å². The number of non-ortho nitro benzene ring substituents is 1. The van der Waals surface area contributed by atoms with Gasteiger partial charge < -0.3 is 15.0 Å². The van der Waals surface area contributed by atoms with Crippen LogP contribution in [0.5, 0.6) is 5.75 Å². The lowest BCUT2D eigenvalue weighted by Crippen LogP contribution is -2.49. The molecule has 4 atom stereocenters. The summed E-state index contributed by atoms with van der Waals surface area (Å²) in [5.41, 5.74) is 1.33. The Morgan fingerprint density at radius 2 is 1.67 bits per heavy atom. The molecule has 0 saturated carbocycles. The number of nitro benzene ring substituents is 1. The lowest BCUT2D eigenvalue weighted by molar-refractivity contribution is -0.384. The van der Waals surface area contributed by atoms with Crippen LogP contribution in [0.2, 0.25) is 0 Å². The molecule has 1 saturated heterocycles. The van der Waals surface area contributed by atoms with Gasteiger partial charge in [0, 0.05) is 29.6 Å². The van der Waals surface area contributed by atoms with Gasteiger partial charge in [0.25, 0.3) is 5.69 Å². The van der Waals surface area contributed by atoms with Crippen LogP contribution in [0.3, 0.4) is 0 Å². The number of Topliss-reactive ketones (excluding diaryl/α,β-unsaturated/α-hetero) is 2. The van der Waals surface area contributed by atoms with Crippen LogP contribution in [-0.4, -0.2) is 40.4 Å². The molecule has 212 valence electrons. The van der Waals surface area contributed by atoms with Gasteiger partial charge in [0.05, 0.1) is 29.6 Å². The second-order valence-corrected chi connectivity index (χ2v) is 10.8. The summed E-state index contributed by atoms with van der Waals surface area (Å²) >= 11 is 0. The molecular formula is C34H25N3O6. The topological polar surface area (TPSA) is 119 Å². The monoisotopic (exact) mass is 571 g/mol. The molecule has 0 radical (unpaired) electrons. The summed E-state index contributed by atoms with van der Waals surface area (Å²) in [7, 11) is 1.47. The fraction of sp³-hybridized carbons (Fsp3) is 0.147. The molecule has 1 spiro atoms. The largest absolute Gasteiger partial charge is 0.496 e. The number of anilines is 1. The molecule has 7 rings (SSSR count). The number of para-hydroxylation sites is 2. The summed E-state index contributed by atoms with van der Waals surface area (Å²) in [5.74, 6) is -2.26. The summed E-state index contributed by atoms with van der Waals surface area (Å²) in [5, 5.41) is 14.7. The number of carbonyl (C=O) groups is 3. The van der Waals surface area contributed by atoms with Crippen molar-refractivity contribution in [1.29, 1.82) is 0 Å². The average Bonchev–Trinajstić information content (AvgIpc) is 3.52.